The lowest BCUT2D eigenvalue weighted by Crippen LogP contribution is -2.37. The molecule has 1 aromatic carbocycles. The van der Waals surface area contributed by atoms with E-state index >= 15 is 0 Å². The van der Waals surface area contributed by atoms with E-state index in [1.54, 1.807) is 6.92 Å². The summed E-state index contributed by atoms with van der Waals surface area (Å²) >= 11 is 0. The van der Waals surface area contributed by atoms with Gasteiger partial charge in [0.15, 0.2) is 0 Å². The number of non-ortho nitro benzene ring substituents is 1. The second-order valence-corrected chi connectivity index (χ2v) is 4.75. The summed E-state index contributed by atoms with van der Waals surface area (Å²) in [5, 5.41) is 24.8. The summed E-state index contributed by atoms with van der Waals surface area (Å²) in [6.45, 7) is 1.54. The molecular formula is C14H12N4O4. The molecule has 1 atom stereocenters. The van der Waals surface area contributed by atoms with Gasteiger partial charge in [-0.05, 0) is 13.0 Å². The van der Waals surface area contributed by atoms with Gasteiger partial charge in [0, 0.05) is 29.9 Å². The van der Waals surface area contributed by atoms with Crippen molar-refractivity contribution in [1.29, 1.82) is 5.26 Å². The first-order valence-electron chi connectivity index (χ1n) is 6.38. The molecule has 1 aromatic rings. The van der Waals surface area contributed by atoms with E-state index in [1.807, 2.05) is 6.07 Å². The fraction of sp³-hybridized carbons (Fsp3) is 0.214. The van der Waals surface area contributed by atoms with Crippen molar-refractivity contribution in [2.75, 3.05) is 5.32 Å². The molecule has 0 saturated carbocycles. The van der Waals surface area contributed by atoms with Crippen LogP contribution in [0.1, 0.15) is 13.3 Å². The Morgan fingerprint density at radius 3 is 2.91 bits per heavy atom. The molecule has 1 aliphatic rings. The molecule has 8 nitrogen and oxygen atoms in total. The molecule has 1 heterocycles. The zero-order valence-electron chi connectivity index (χ0n) is 11.6. The predicted octanol–water partition coefficient (Wildman–Crippen LogP) is 1.47. The summed E-state index contributed by atoms with van der Waals surface area (Å²) in [6, 6.07) is 7.36. The predicted molar refractivity (Wildman–Crippen MR) is 76.3 cm³/mol. The maximum absolute atomic E-state index is 12.3. The van der Waals surface area contributed by atoms with Gasteiger partial charge in [-0.1, -0.05) is 6.07 Å². The summed E-state index contributed by atoms with van der Waals surface area (Å²) in [7, 11) is 0. The van der Waals surface area contributed by atoms with Crippen LogP contribution >= 0.6 is 0 Å². The topological polar surface area (TPSA) is 125 Å². The normalized spacial score (nSPS) is 17.5. The van der Waals surface area contributed by atoms with Crippen LogP contribution in [0.25, 0.3) is 0 Å². The number of hydrogen-bond donors (Lipinski definition) is 2. The molecule has 2 rings (SSSR count). The Morgan fingerprint density at radius 1 is 1.55 bits per heavy atom. The van der Waals surface area contributed by atoms with Gasteiger partial charge in [0.05, 0.1) is 22.5 Å². The van der Waals surface area contributed by atoms with Gasteiger partial charge in [-0.3, -0.25) is 19.7 Å². The zero-order valence-corrected chi connectivity index (χ0v) is 11.6. The molecule has 0 aliphatic carbocycles. The zero-order chi connectivity index (χ0) is 16.3. The van der Waals surface area contributed by atoms with Crippen LogP contribution in [0.2, 0.25) is 0 Å². The Labute approximate surface area is 125 Å². The van der Waals surface area contributed by atoms with Crippen molar-refractivity contribution in [2.24, 2.45) is 5.92 Å². The fourth-order valence-corrected chi connectivity index (χ4v) is 2.19. The molecule has 0 unspecified atom stereocenters. The van der Waals surface area contributed by atoms with Gasteiger partial charge in [0.1, 0.15) is 0 Å². The van der Waals surface area contributed by atoms with Crippen molar-refractivity contribution >= 4 is 23.2 Å². The second kappa shape index (κ2) is 6.05. The first-order valence-corrected chi connectivity index (χ1v) is 6.38. The number of nitrogens with one attached hydrogen (secondary N) is 2. The van der Waals surface area contributed by atoms with E-state index in [4.69, 9.17) is 5.26 Å². The lowest BCUT2D eigenvalue weighted by molar-refractivity contribution is -0.384. The molecule has 0 aromatic heterocycles. The van der Waals surface area contributed by atoms with Gasteiger partial charge in [-0.2, -0.15) is 5.26 Å². The third-order valence-electron chi connectivity index (χ3n) is 3.23. The molecule has 2 amide bonds. The summed E-state index contributed by atoms with van der Waals surface area (Å²) < 4.78 is 0. The minimum absolute atomic E-state index is 0.138. The van der Waals surface area contributed by atoms with Crippen molar-refractivity contribution in [3.05, 3.63) is 45.6 Å². The Kier molecular flexibility index (Phi) is 4.18. The highest BCUT2D eigenvalue weighted by atomic mass is 16.6. The van der Waals surface area contributed by atoms with Crippen LogP contribution in [0.4, 0.5) is 11.4 Å². The minimum Gasteiger partial charge on any atom is -0.329 e. The quantitative estimate of drug-likeness (QED) is 0.645. The van der Waals surface area contributed by atoms with Gasteiger partial charge in [-0.25, -0.2) is 0 Å². The molecule has 0 saturated heterocycles. The molecular weight excluding hydrogens is 288 g/mol. The number of amides is 2. The van der Waals surface area contributed by atoms with E-state index in [-0.39, 0.29) is 29.3 Å². The molecule has 0 fully saturated rings. The van der Waals surface area contributed by atoms with E-state index in [0.29, 0.717) is 5.70 Å². The monoisotopic (exact) mass is 300 g/mol. The van der Waals surface area contributed by atoms with Crippen LogP contribution < -0.4 is 10.6 Å². The average molecular weight is 300 g/mol. The molecule has 0 bridgehead atoms. The van der Waals surface area contributed by atoms with Crippen LogP contribution in [-0.4, -0.2) is 16.7 Å². The molecule has 0 spiro atoms. The maximum Gasteiger partial charge on any atom is 0.271 e. The summed E-state index contributed by atoms with van der Waals surface area (Å²) in [4.78, 5) is 33.9. The summed E-state index contributed by atoms with van der Waals surface area (Å²) in [5.41, 5.74) is 0.604. The number of nitrogens with zero attached hydrogens (tertiary/aromatic N) is 2. The molecule has 2 N–H and O–H groups in total. The summed E-state index contributed by atoms with van der Waals surface area (Å²) in [5.74, 6) is -1.81. The number of anilines is 1. The number of nitriles is 1. The molecule has 1 aliphatic heterocycles. The van der Waals surface area contributed by atoms with E-state index < -0.39 is 16.7 Å². The van der Waals surface area contributed by atoms with E-state index in [0.717, 1.165) is 0 Å². The summed E-state index contributed by atoms with van der Waals surface area (Å²) in [6.07, 6.45) is -0.138. The second-order valence-electron chi connectivity index (χ2n) is 4.75. The number of nitro benzene ring substituents is 1. The first-order chi connectivity index (χ1) is 10.4. The van der Waals surface area contributed by atoms with Crippen LogP contribution in [-0.2, 0) is 9.59 Å². The Balaban J connectivity index is 2.23. The molecule has 8 heteroatoms. The fourth-order valence-electron chi connectivity index (χ4n) is 2.19. The van der Waals surface area contributed by atoms with Crippen molar-refractivity contribution in [3.8, 4) is 6.07 Å². The standard InChI is InChI=1S/C14H12N4O4/c1-8-12(7-15)11(6-13(19)16-8)14(20)17-9-3-2-4-10(5-9)18(21)22/h2-5,11H,6H2,1H3,(H,16,19)(H,17,20)/t11-/m1/s1. The number of carbonyl (C=O) groups excluding carboxylic acids is 2. The van der Waals surface area contributed by atoms with Crippen molar-refractivity contribution < 1.29 is 14.5 Å². The highest BCUT2D eigenvalue weighted by molar-refractivity contribution is 5.99. The smallest absolute Gasteiger partial charge is 0.271 e. The highest BCUT2D eigenvalue weighted by Crippen LogP contribution is 2.25. The van der Waals surface area contributed by atoms with Crippen molar-refractivity contribution in [3.63, 3.8) is 0 Å². The van der Waals surface area contributed by atoms with Crippen LogP contribution in [0.5, 0.6) is 0 Å². The van der Waals surface area contributed by atoms with Gasteiger partial charge < -0.3 is 10.6 Å². The van der Waals surface area contributed by atoms with Crippen LogP contribution in [0.15, 0.2) is 35.5 Å². The van der Waals surface area contributed by atoms with Crippen LogP contribution in [0.3, 0.4) is 0 Å². The Bertz CT molecular complexity index is 733. The number of nitro groups is 1. The maximum atomic E-state index is 12.3. The van der Waals surface area contributed by atoms with Crippen molar-refractivity contribution in [2.45, 2.75) is 13.3 Å². The highest BCUT2D eigenvalue weighted by Gasteiger charge is 2.31. The number of rotatable bonds is 3. The van der Waals surface area contributed by atoms with Gasteiger partial charge in [0.25, 0.3) is 5.69 Å². The Hall–Kier alpha value is -3.21. The van der Waals surface area contributed by atoms with Crippen LogP contribution in [0, 0.1) is 27.4 Å². The van der Waals surface area contributed by atoms with Gasteiger partial charge >= 0.3 is 0 Å². The van der Waals surface area contributed by atoms with Gasteiger partial charge in [-0.15, -0.1) is 0 Å². The largest absolute Gasteiger partial charge is 0.329 e. The molecule has 22 heavy (non-hydrogen) atoms. The first kappa shape index (κ1) is 15.2. The number of hydrogen-bond acceptors (Lipinski definition) is 5. The van der Waals surface area contributed by atoms with E-state index in [1.165, 1.54) is 24.3 Å². The average Bonchev–Trinajstić information content (AvgIpc) is 2.46. The number of carbonyl (C=O) groups is 2. The minimum atomic E-state index is -0.905. The van der Waals surface area contributed by atoms with Gasteiger partial charge in [0.2, 0.25) is 11.8 Å². The lowest BCUT2D eigenvalue weighted by atomic mass is 9.90. The van der Waals surface area contributed by atoms with E-state index in [2.05, 4.69) is 10.6 Å². The third kappa shape index (κ3) is 3.09. The Morgan fingerprint density at radius 2 is 2.27 bits per heavy atom. The number of benzene rings is 1. The number of allylic oxidation sites excluding steroid dienone is 1. The molecule has 112 valence electrons. The van der Waals surface area contributed by atoms with E-state index in [9.17, 15) is 19.7 Å². The third-order valence-corrected chi connectivity index (χ3v) is 3.23. The molecule has 0 radical (unpaired) electrons. The lowest BCUT2D eigenvalue weighted by Gasteiger charge is -2.22. The van der Waals surface area contributed by atoms with Crippen molar-refractivity contribution in [1.82, 2.24) is 5.32 Å². The SMILES string of the molecule is CC1=C(C#N)[C@H](C(=O)Nc2cccc([N+](=O)[O-])c2)CC(=O)N1.